The summed E-state index contributed by atoms with van der Waals surface area (Å²) in [5.41, 5.74) is 9.89. The lowest BCUT2D eigenvalue weighted by Crippen LogP contribution is -2.38. The van der Waals surface area contributed by atoms with Gasteiger partial charge in [0, 0.05) is 0 Å². The van der Waals surface area contributed by atoms with E-state index in [1.165, 1.54) is 11.1 Å². The van der Waals surface area contributed by atoms with Crippen molar-refractivity contribution in [1.82, 2.24) is 0 Å². The van der Waals surface area contributed by atoms with Crippen molar-refractivity contribution in [3.63, 3.8) is 0 Å². The number of nitrogens with two attached hydrogens (primary N) is 1. The molecule has 2 aromatic carbocycles. The quantitative estimate of drug-likeness (QED) is 0.905. The van der Waals surface area contributed by atoms with Gasteiger partial charge < -0.3 is 5.73 Å². The molecule has 1 atom stereocenters. The molecule has 0 saturated carbocycles. The first kappa shape index (κ1) is 14.6. The molecule has 3 heteroatoms. The van der Waals surface area contributed by atoms with Crippen molar-refractivity contribution in [2.24, 2.45) is 11.1 Å². The molecule has 1 aliphatic rings. The fourth-order valence-corrected chi connectivity index (χ4v) is 3.46. The molecule has 1 nitrogen and oxygen atoms in total. The molecule has 0 radical (unpaired) electrons. The third kappa shape index (κ3) is 2.97. The van der Waals surface area contributed by atoms with Crippen LogP contribution in [-0.4, -0.2) is 6.54 Å². The summed E-state index contributed by atoms with van der Waals surface area (Å²) in [5.74, 6) is -0.349. The summed E-state index contributed by atoms with van der Waals surface area (Å²) in [6, 6.07) is 13.6. The van der Waals surface area contributed by atoms with Gasteiger partial charge in [0.1, 0.15) is 5.82 Å². The van der Waals surface area contributed by atoms with Gasteiger partial charge in [0.2, 0.25) is 0 Å². The highest BCUT2D eigenvalue weighted by atomic mass is 35.5. The van der Waals surface area contributed by atoms with Crippen LogP contribution in [0.4, 0.5) is 4.39 Å². The minimum absolute atomic E-state index is 0.0224. The average molecular weight is 304 g/mol. The summed E-state index contributed by atoms with van der Waals surface area (Å²) in [4.78, 5) is 0. The molecule has 0 aromatic heterocycles. The van der Waals surface area contributed by atoms with E-state index in [1.807, 2.05) is 6.07 Å². The zero-order chi connectivity index (χ0) is 14.9. The molecule has 2 N–H and O–H groups in total. The van der Waals surface area contributed by atoms with Gasteiger partial charge in [-0.2, -0.15) is 0 Å². The summed E-state index contributed by atoms with van der Waals surface area (Å²) in [7, 11) is 0. The number of hydrogen-bond acceptors (Lipinski definition) is 1. The Kier molecular flexibility index (Phi) is 4.01. The third-order valence-corrected chi connectivity index (χ3v) is 4.91. The molecule has 0 saturated heterocycles. The van der Waals surface area contributed by atoms with Crippen LogP contribution in [0, 0.1) is 11.2 Å². The number of aryl methyl sites for hydroxylation is 1. The first-order chi connectivity index (χ1) is 10.1. The Labute approximate surface area is 129 Å². The number of hydrogen-bond donors (Lipinski definition) is 1. The normalized spacial score (nSPS) is 21.1. The van der Waals surface area contributed by atoms with Crippen LogP contribution >= 0.6 is 11.6 Å². The largest absolute Gasteiger partial charge is 0.330 e. The van der Waals surface area contributed by atoms with Gasteiger partial charge in [-0.15, -0.1) is 0 Å². The first-order valence-electron chi connectivity index (χ1n) is 7.33. The molecule has 110 valence electrons. The summed E-state index contributed by atoms with van der Waals surface area (Å²) < 4.78 is 13.6. The Morgan fingerprint density at radius 1 is 1.14 bits per heavy atom. The highest BCUT2D eigenvalue weighted by Gasteiger charge is 2.33. The van der Waals surface area contributed by atoms with E-state index in [0.29, 0.717) is 6.54 Å². The van der Waals surface area contributed by atoms with E-state index >= 15 is 0 Å². The predicted molar refractivity (Wildman–Crippen MR) is 85.1 cm³/mol. The zero-order valence-electron chi connectivity index (χ0n) is 11.9. The Balaban J connectivity index is 1.86. The van der Waals surface area contributed by atoms with Gasteiger partial charge in [-0.1, -0.05) is 41.9 Å². The predicted octanol–water partition coefficient (Wildman–Crippen LogP) is 4.16. The van der Waals surface area contributed by atoms with Crippen molar-refractivity contribution in [2.75, 3.05) is 6.54 Å². The minimum Gasteiger partial charge on any atom is -0.330 e. The topological polar surface area (TPSA) is 26.0 Å². The summed E-state index contributed by atoms with van der Waals surface area (Å²) >= 11 is 5.76. The SMILES string of the molecule is NCC1(Cc2ccc(Cl)c(F)c2)CCc2ccccc2C1. The second-order valence-electron chi connectivity index (χ2n) is 6.07. The van der Waals surface area contributed by atoms with Crippen LogP contribution in [-0.2, 0) is 19.3 Å². The molecule has 3 rings (SSSR count). The van der Waals surface area contributed by atoms with Crippen LogP contribution in [0.25, 0.3) is 0 Å². The van der Waals surface area contributed by atoms with E-state index in [0.717, 1.165) is 31.2 Å². The van der Waals surface area contributed by atoms with E-state index in [-0.39, 0.29) is 16.3 Å². The van der Waals surface area contributed by atoms with E-state index in [1.54, 1.807) is 12.1 Å². The Hall–Kier alpha value is -1.38. The van der Waals surface area contributed by atoms with E-state index in [9.17, 15) is 4.39 Å². The molecule has 1 unspecified atom stereocenters. The summed E-state index contributed by atoms with van der Waals surface area (Å²) in [6.45, 7) is 0.617. The Bertz CT molecular complexity index is 655. The van der Waals surface area contributed by atoms with Crippen LogP contribution in [0.1, 0.15) is 23.1 Å². The fraction of sp³-hybridized carbons (Fsp3) is 0.333. The van der Waals surface area contributed by atoms with E-state index in [4.69, 9.17) is 17.3 Å². The fourth-order valence-electron chi connectivity index (χ4n) is 3.35. The standard InChI is InChI=1S/C18H19ClFN/c19-16-6-5-13(9-17(16)20)10-18(12-21)8-7-14-3-1-2-4-15(14)11-18/h1-6,9H,7-8,10-12,21H2. The average Bonchev–Trinajstić information content (AvgIpc) is 2.51. The van der Waals surface area contributed by atoms with Crippen LogP contribution in [0.15, 0.2) is 42.5 Å². The maximum atomic E-state index is 13.6. The zero-order valence-corrected chi connectivity index (χ0v) is 12.7. The van der Waals surface area contributed by atoms with Crippen LogP contribution in [0.5, 0.6) is 0 Å². The van der Waals surface area contributed by atoms with E-state index < -0.39 is 0 Å². The molecule has 0 amide bonds. The molecule has 0 spiro atoms. The van der Waals surface area contributed by atoms with Crippen molar-refractivity contribution in [1.29, 1.82) is 0 Å². The van der Waals surface area contributed by atoms with Crippen LogP contribution in [0.2, 0.25) is 5.02 Å². The molecule has 0 heterocycles. The molecule has 2 aromatic rings. The minimum atomic E-state index is -0.349. The van der Waals surface area contributed by atoms with Crippen molar-refractivity contribution in [3.8, 4) is 0 Å². The monoisotopic (exact) mass is 303 g/mol. The third-order valence-electron chi connectivity index (χ3n) is 4.60. The second kappa shape index (κ2) is 5.78. The van der Waals surface area contributed by atoms with E-state index in [2.05, 4.69) is 24.3 Å². The van der Waals surface area contributed by atoms with Crippen molar-refractivity contribution < 1.29 is 4.39 Å². The number of halogens is 2. The summed E-state index contributed by atoms with van der Waals surface area (Å²) in [6.07, 6.45) is 3.85. The van der Waals surface area contributed by atoms with Gasteiger partial charge in [0.25, 0.3) is 0 Å². The van der Waals surface area contributed by atoms with Gasteiger partial charge in [-0.25, -0.2) is 4.39 Å². The lowest BCUT2D eigenvalue weighted by molar-refractivity contribution is 0.253. The van der Waals surface area contributed by atoms with Crippen molar-refractivity contribution in [3.05, 3.63) is 70.0 Å². The van der Waals surface area contributed by atoms with Crippen LogP contribution < -0.4 is 5.73 Å². The molecule has 1 aliphatic carbocycles. The van der Waals surface area contributed by atoms with Gasteiger partial charge in [0.15, 0.2) is 0 Å². The Morgan fingerprint density at radius 3 is 2.62 bits per heavy atom. The summed E-state index contributed by atoms with van der Waals surface area (Å²) in [5, 5.41) is 0.175. The smallest absolute Gasteiger partial charge is 0.142 e. The first-order valence-corrected chi connectivity index (χ1v) is 7.70. The second-order valence-corrected chi connectivity index (χ2v) is 6.48. The lowest BCUT2D eigenvalue weighted by Gasteiger charge is -2.37. The van der Waals surface area contributed by atoms with Crippen molar-refractivity contribution in [2.45, 2.75) is 25.7 Å². The number of rotatable bonds is 3. The maximum Gasteiger partial charge on any atom is 0.142 e. The van der Waals surface area contributed by atoms with Gasteiger partial charge in [-0.05, 0) is 66.5 Å². The van der Waals surface area contributed by atoms with Gasteiger partial charge in [0.05, 0.1) is 5.02 Å². The van der Waals surface area contributed by atoms with Gasteiger partial charge in [-0.3, -0.25) is 0 Å². The molecular formula is C18H19ClFN. The van der Waals surface area contributed by atoms with Gasteiger partial charge >= 0.3 is 0 Å². The molecule has 0 aliphatic heterocycles. The highest BCUT2D eigenvalue weighted by molar-refractivity contribution is 6.30. The molecule has 21 heavy (non-hydrogen) atoms. The number of benzene rings is 2. The van der Waals surface area contributed by atoms with Crippen molar-refractivity contribution >= 4 is 11.6 Å². The lowest BCUT2D eigenvalue weighted by atomic mass is 9.68. The molecule has 0 fully saturated rings. The Morgan fingerprint density at radius 2 is 1.90 bits per heavy atom. The molecular weight excluding hydrogens is 285 g/mol. The highest BCUT2D eigenvalue weighted by Crippen LogP contribution is 2.38. The maximum absolute atomic E-state index is 13.6. The number of fused-ring (bicyclic) bond motifs is 1. The molecule has 0 bridgehead atoms. The van der Waals surface area contributed by atoms with Crippen LogP contribution in [0.3, 0.4) is 0 Å².